The lowest BCUT2D eigenvalue weighted by Gasteiger charge is -2.73. The van der Waals surface area contributed by atoms with E-state index in [1.165, 1.54) is 63.4 Å². The topological polar surface area (TPSA) is 26.3 Å². The molecule has 0 saturated heterocycles. The molecule has 0 N–H and O–H groups in total. The van der Waals surface area contributed by atoms with E-state index in [-0.39, 0.29) is 17.5 Å². The fraction of sp³-hybridized carbons (Fsp3) is 0.718. The van der Waals surface area contributed by atoms with Crippen molar-refractivity contribution in [2.75, 3.05) is 0 Å². The molecule has 0 amide bonds. The average Bonchev–Trinajstić information content (AvgIpc) is 3.28. The average molecular weight is 557 g/mol. The molecule has 6 rings (SSSR count). The lowest BCUT2D eigenvalue weighted by atomic mass is 9.32. The zero-order valence-electron chi connectivity index (χ0n) is 27.1. The van der Waals surface area contributed by atoms with E-state index in [2.05, 4.69) is 55.0 Å². The predicted octanol–water partition coefficient (Wildman–Crippen LogP) is 10.3. The summed E-state index contributed by atoms with van der Waals surface area (Å²) < 4.78 is 6.25. The number of hydrogen-bond acceptors (Lipinski definition) is 2. The van der Waals surface area contributed by atoms with E-state index in [0.29, 0.717) is 27.6 Å². The first kappa shape index (κ1) is 29.3. The summed E-state index contributed by atoms with van der Waals surface area (Å²) in [4.78, 5) is 13.0. The van der Waals surface area contributed by atoms with E-state index in [4.69, 9.17) is 4.74 Å². The van der Waals surface area contributed by atoms with E-state index >= 15 is 0 Å². The van der Waals surface area contributed by atoms with Crippen molar-refractivity contribution in [3.63, 3.8) is 0 Å². The number of ether oxygens (including phenoxy) is 1. The second-order valence-corrected chi connectivity index (χ2v) is 16.9. The quantitative estimate of drug-likeness (QED) is 0.209. The molecule has 5 aliphatic rings. The minimum Gasteiger partial charge on any atom is -0.459 e. The number of benzene rings is 1. The van der Waals surface area contributed by atoms with Gasteiger partial charge in [0.05, 0.1) is 0 Å². The van der Waals surface area contributed by atoms with Crippen molar-refractivity contribution >= 4 is 12.0 Å². The van der Waals surface area contributed by atoms with Crippen LogP contribution >= 0.6 is 0 Å². The van der Waals surface area contributed by atoms with Gasteiger partial charge in [-0.25, -0.2) is 4.79 Å². The van der Waals surface area contributed by atoms with E-state index in [9.17, 15) is 4.79 Å². The highest BCUT2D eigenvalue weighted by Crippen LogP contribution is 2.77. The highest BCUT2D eigenvalue weighted by Gasteiger charge is 2.70. The van der Waals surface area contributed by atoms with Crippen LogP contribution in [-0.4, -0.2) is 12.1 Å². The van der Waals surface area contributed by atoms with Gasteiger partial charge in [0.15, 0.2) is 0 Å². The summed E-state index contributed by atoms with van der Waals surface area (Å²) in [6.45, 7) is 22.4. The Hall–Kier alpha value is -1.83. The van der Waals surface area contributed by atoms with Gasteiger partial charge in [0, 0.05) is 11.5 Å². The molecule has 224 valence electrons. The molecular weight excluding hydrogens is 500 g/mol. The van der Waals surface area contributed by atoms with Gasteiger partial charge in [0.1, 0.15) is 6.10 Å². The lowest BCUT2D eigenvalue weighted by molar-refractivity contribution is -0.248. The molecule has 0 aliphatic heterocycles. The van der Waals surface area contributed by atoms with Crippen molar-refractivity contribution < 1.29 is 9.53 Å². The number of allylic oxidation sites excluding steroid dienone is 1. The highest BCUT2D eigenvalue weighted by molar-refractivity contribution is 5.87. The van der Waals surface area contributed by atoms with E-state index in [1.807, 2.05) is 36.4 Å². The van der Waals surface area contributed by atoms with Crippen molar-refractivity contribution in [1.29, 1.82) is 0 Å². The first-order valence-corrected chi connectivity index (χ1v) is 16.9. The second-order valence-electron chi connectivity index (χ2n) is 16.9. The zero-order valence-corrected chi connectivity index (χ0v) is 27.1. The third-order valence-corrected chi connectivity index (χ3v) is 14.9. The third kappa shape index (κ3) is 4.27. The van der Waals surface area contributed by atoms with Crippen LogP contribution in [0.4, 0.5) is 0 Å². The standard InChI is InChI=1S/C39H56O2/c1-26(2)28-18-21-36(5)24-25-38(7)29(34(28)36)15-16-31-37(6)22-20-32(35(3,4)30(37)19-23-39(31,38)8)41-33(40)17-14-27-12-10-9-11-13-27/h9-14,17,28-32,34H,1,15-16,18-25H2,2-8H3. The number of carbonyl (C=O) groups excluding carboxylic acids is 1. The van der Waals surface area contributed by atoms with Gasteiger partial charge < -0.3 is 4.74 Å². The van der Waals surface area contributed by atoms with Crippen LogP contribution < -0.4 is 0 Å². The van der Waals surface area contributed by atoms with Gasteiger partial charge in [-0.3, -0.25) is 0 Å². The number of carbonyl (C=O) groups is 1. The van der Waals surface area contributed by atoms with Crippen LogP contribution in [0.15, 0.2) is 48.6 Å². The van der Waals surface area contributed by atoms with Crippen LogP contribution in [0.3, 0.4) is 0 Å². The molecule has 1 aromatic rings. The molecule has 5 saturated carbocycles. The first-order chi connectivity index (χ1) is 19.3. The van der Waals surface area contributed by atoms with Crippen LogP contribution in [-0.2, 0) is 9.53 Å². The minimum absolute atomic E-state index is 0.0185. The van der Waals surface area contributed by atoms with Gasteiger partial charge >= 0.3 is 5.97 Å². The Balaban J connectivity index is 1.24. The van der Waals surface area contributed by atoms with Crippen molar-refractivity contribution in [3.05, 3.63) is 54.1 Å². The Kier molecular flexibility index (Phi) is 7.03. The van der Waals surface area contributed by atoms with Crippen LogP contribution in [0, 0.1) is 56.7 Å². The van der Waals surface area contributed by atoms with Crippen molar-refractivity contribution in [3.8, 4) is 0 Å². The van der Waals surface area contributed by atoms with Crippen LogP contribution in [0.5, 0.6) is 0 Å². The maximum absolute atomic E-state index is 13.0. The number of rotatable bonds is 4. The fourth-order valence-corrected chi connectivity index (χ4v) is 12.6. The molecule has 10 atom stereocenters. The molecule has 0 spiro atoms. The summed E-state index contributed by atoms with van der Waals surface area (Å²) in [5.74, 6) is 3.50. The number of fused-ring (bicyclic) bond motifs is 7. The summed E-state index contributed by atoms with van der Waals surface area (Å²) in [6.07, 6.45) is 16.6. The van der Waals surface area contributed by atoms with Crippen LogP contribution in [0.25, 0.3) is 6.08 Å². The Bertz CT molecular complexity index is 1210. The smallest absolute Gasteiger partial charge is 0.331 e. The van der Waals surface area contributed by atoms with Gasteiger partial charge in [-0.05, 0) is 134 Å². The largest absolute Gasteiger partial charge is 0.459 e. The van der Waals surface area contributed by atoms with Gasteiger partial charge in [-0.1, -0.05) is 84.0 Å². The Morgan fingerprint density at radius 2 is 1.56 bits per heavy atom. The van der Waals surface area contributed by atoms with Gasteiger partial charge in [-0.15, -0.1) is 0 Å². The van der Waals surface area contributed by atoms with Crippen LogP contribution in [0.2, 0.25) is 0 Å². The first-order valence-electron chi connectivity index (χ1n) is 16.9. The monoisotopic (exact) mass is 556 g/mol. The summed E-state index contributed by atoms with van der Waals surface area (Å²) in [7, 11) is 0. The lowest BCUT2D eigenvalue weighted by Crippen LogP contribution is -2.66. The van der Waals surface area contributed by atoms with Gasteiger partial charge in [0.2, 0.25) is 0 Å². The molecule has 0 bridgehead atoms. The SMILES string of the molecule is C=C(C)C1CCC2(C)CCC3(C)C(CCC4C5(C)CCC(OC(=O)C=Cc6ccccc6)C(C)(C)C5CCC43C)C12. The van der Waals surface area contributed by atoms with Crippen LogP contribution in [0.1, 0.15) is 118 Å². The molecule has 5 fully saturated rings. The highest BCUT2D eigenvalue weighted by atomic mass is 16.5. The fourth-order valence-electron chi connectivity index (χ4n) is 12.6. The summed E-state index contributed by atoms with van der Waals surface area (Å²) in [5, 5.41) is 0. The molecule has 10 unspecified atom stereocenters. The summed E-state index contributed by atoms with van der Waals surface area (Å²) in [6, 6.07) is 10.0. The summed E-state index contributed by atoms with van der Waals surface area (Å²) >= 11 is 0. The Morgan fingerprint density at radius 1 is 0.829 bits per heavy atom. The van der Waals surface area contributed by atoms with E-state index in [1.54, 1.807) is 6.08 Å². The Morgan fingerprint density at radius 3 is 2.27 bits per heavy atom. The molecule has 1 aromatic carbocycles. The molecule has 5 aliphatic carbocycles. The molecular formula is C39H56O2. The zero-order chi connectivity index (χ0) is 29.4. The van der Waals surface area contributed by atoms with Crippen molar-refractivity contribution in [1.82, 2.24) is 0 Å². The third-order valence-electron chi connectivity index (χ3n) is 14.9. The molecule has 0 radical (unpaired) electrons. The molecule has 2 nitrogen and oxygen atoms in total. The molecule has 2 heteroatoms. The van der Waals surface area contributed by atoms with E-state index in [0.717, 1.165) is 35.7 Å². The Labute approximate surface area is 250 Å². The van der Waals surface area contributed by atoms with E-state index < -0.39 is 0 Å². The molecule has 0 heterocycles. The summed E-state index contributed by atoms with van der Waals surface area (Å²) in [5.41, 5.74) is 4.05. The number of esters is 1. The van der Waals surface area contributed by atoms with Crippen molar-refractivity contribution in [2.45, 2.75) is 119 Å². The van der Waals surface area contributed by atoms with Crippen molar-refractivity contribution in [2.24, 2.45) is 56.7 Å². The minimum atomic E-state index is -0.196. The van der Waals surface area contributed by atoms with Gasteiger partial charge in [0.25, 0.3) is 0 Å². The second kappa shape index (κ2) is 9.85. The van der Waals surface area contributed by atoms with Gasteiger partial charge in [-0.2, -0.15) is 0 Å². The molecule has 41 heavy (non-hydrogen) atoms. The number of hydrogen-bond donors (Lipinski definition) is 0. The normalized spacial score (nSPS) is 46.6. The maximum Gasteiger partial charge on any atom is 0.331 e. The maximum atomic E-state index is 13.0. The molecule has 0 aromatic heterocycles. The predicted molar refractivity (Wildman–Crippen MR) is 170 cm³/mol.